The van der Waals surface area contributed by atoms with E-state index >= 15 is 0 Å². The van der Waals surface area contributed by atoms with Crippen molar-refractivity contribution >= 4 is 11.9 Å². The number of carbonyl (C=O) groups excluding carboxylic acids is 1. The van der Waals surface area contributed by atoms with E-state index in [2.05, 4.69) is 15.2 Å². The van der Waals surface area contributed by atoms with Crippen molar-refractivity contribution in [3.63, 3.8) is 0 Å². The fourth-order valence-corrected chi connectivity index (χ4v) is 3.55. The van der Waals surface area contributed by atoms with E-state index in [1.165, 1.54) is 13.2 Å². The second kappa shape index (κ2) is 9.41. The zero-order valence-corrected chi connectivity index (χ0v) is 18.7. The highest BCUT2D eigenvalue weighted by Crippen LogP contribution is 2.34. The molecule has 0 atom stereocenters. The Morgan fingerprint density at radius 3 is 2.39 bits per heavy atom. The maximum absolute atomic E-state index is 14.2. The van der Waals surface area contributed by atoms with Crippen LogP contribution in [0.4, 0.5) is 15.0 Å². The third-order valence-electron chi connectivity index (χ3n) is 5.08. The molecule has 0 radical (unpaired) electrons. The highest BCUT2D eigenvalue weighted by molar-refractivity contribution is 5.73. The monoisotopic (exact) mass is 431 g/mol. The number of hydrogen-bond acceptors (Lipinski definition) is 6. The lowest BCUT2D eigenvalue weighted by Crippen LogP contribution is -2.46. The predicted molar refractivity (Wildman–Crippen MR) is 117 cm³/mol. The zero-order valence-electron chi connectivity index (χ0n) is 18.7. The van der Waals surface area contributed by atoms with Crippen LogP contribution >= 0.6 is 0 Å². The molecule has 1 aromatic carbocycles. The van der Waals surface area contributed by atoms with Gasteiger partial charge >= 0.3 is 6.09 Å². The maximum atomic E-state index is 14.2. The lowest BCUT2D eigenvalue weighted by atomic mass is 10.0. The number of amides is 1. The molecule has 0 bridgehead atoms. The van der Waals surface area contributed by atoms with Crippen LogP contribution in [0, 0.1) is 5.82 Å². The molecule has 1 aliphatic heterocycles. The fourth-order valence-electron chi connectivity index (χ4n) is 3.55. The lowest BCUT2D eigenvalue weighted by Gasteiger charge is -2.33. The third-order valence-corrected chi connectivity index (χ3v) is 5.08. The molecule has 2 aromatic rings. The van der Waals surface area contributed by atoms with Crippen molar-refractivity contribution < 1.29 is 23.4 Å². The molecule has 0 unspecified atom stereocenters. The Bertz CT molecular complexity index is 922. The second-order valence-electron chi connectivity index (χ2n) is 8.50. The van der Waals surface area contributed by atoms with Gasteiger partial charge < -0.3 is 24.4 Å². The van der Waals surface area contributed by atoms with E-state index < -0.39 is 17.5 Å². The highest BCUT2D eigenvalue weighted by Gasteiger charge is 2.25. The number of ether oxygens (including phenoxy) is 3. The number of nitrogens with one attached hydrogen (secondary N) is 1. The topological polar surface area (TPSA) is 72.9 Å². The molecule has 0 saturated carbocycles. The summed E-state index contributed by atoms with van der Waals surface area (Å²) in [7, 11) is 3.00. The number of anilines is 1. The van der Waals surface area contributed by atoms with Gasteiger partial charge in [0, 0.05) is 24.7 Å². The Balaban J connectivity index is 1.71. The van der Waals surface area contributed by atoms with Gasteiger partial charge in [0.1, 0.15) is 17.2 Å². The summed E-state index contributed by atoms with van der Waals surface area (Å²) >= 11 is 0. The van der Waals surface area contributed by atoms with Crippen molar-refractivity contribution in [2.75, 3.05) is 32.2 Å². The van der Waals surface area contributed by atoms with Crippen LogP contribution in [-0.4, -0.2) is 50.0 Å². The number of pyridine rings is 1. The molecular weight excluding hydrogens is 401 g/mol. The molecule has 7 nitrogen and oxygen atoms in total. The van der Waals surface area contributed by atoms with Crippen molar-refractivity contribution in [3.8, 4) is 22.6 Å². The first-order chi connectivity index (χ1) is 14.7. The lowest BCUT2D eigenvalue weighted by molar-refractivity contribution is 0.0497. The van der Waals surface area contributed by atoms with Gasteiger partial charge in [-0.05, 0) is 57.4 Å². The Morgan fingerprint density at radius 2 is 1.81 bits per heavy atom. The molecule has 1 fully saturated rings. The van der Waals surface area contributed by atoms with Crippen molar-refractivity contribution in [2.24, 2.45) is 0 Å². The maximum Gasteiger partial charge on any atom is 0.407 e. The van der Waals surface area contributed by atoms with Crippen LogP contribution in [0.2, 0.25) is 0 Å². The van der Waals surface area contributed by atoms with Crippen LogP contribution in [-0.2, 0) is 4.74 Å². The van der Waals surface area contributed by atoms with Crippen LogP contribution in [0.5, 0.6) is 11.5 Å². The fraction of sp³-hybridized carbons (Fsp3) is 0.478. The molecule has 1 amide bonds. The first-order valence-electron chi connectivity index (χ1n) is 10.3. The molecule has 3 rings (SSSR count). The van der Waals surface area contributed by atoms with Crippen LogP contribution in [0.15, 0.2) is 30.5 Å². The third kappa shape index (κ3) is 5.77. The number of hydrogen-bond donors (Lipinski definition) is 1. The van der Waals surface area contributed by atoms with E-state index in [0.717, 1.165) is 37.3 Å². The van der Waals surface area contributed by atoms with Crippen molar-refractivity contribution in [1.82, 2.24) is 10.3 Å². The van der Waals surface area contributed by atoms with Gasteiger partial charge in [0.25, 0.3) is 0 Å². The quantitative estimate of drug-likeness (QED) is 0.757. The first-order valence-corrected chi connectivity index (χ1v) is 10.3. The van der Waals surface area contributed by atoms with E-state index in [1.807, 2.05) is 26.8 Å². The number of carbonyl (C=O) groups is 1. The summed E-state index contributed by atoms with van der Waals surface area (Å²) in [6.07, 6.45) is 2.81. The van der Waals surface area contributed by atoms with E-state index in [-0.39, 0.29) is 11.8 Å². The number of benzene rings is 1. The van der Waals surface area contributed by atoms with Crippen LogP contribution in [0.3, 0.4) is 0 Å². The number of rotatable bonds is 5. The van der Waals surface area contributed by atoms with E-state index in [1.54, 1.807) is 25.4 Å². The predicted octanol–water partition coefficient (Wildman–Crippen LogP) is 4.40. The molecule has 1 N–H and O–H groups in total. The zero-order chi connectivity index (χ0) is 22.6. The largest absolute Gasteiger partial charge is 0.494 e. The molecular formula is C23H30FN3O4. The van der Waals surface area contributed by atoms with Crippen LogP contribution < -0.4 is 19.7 Å². The van der Waals surface area contributed by atoms with Gasteiger partial charge in [0.2, 0.25) is 0 Å². The van der Waals surface area contributed by atoms with Crippen LogP contribution in [0.1, 0.15) is 33.6 Å². The van der Waals surface area contributed by atoms with Gasteiger partial charge in [0.05, 0.1) is 20.4 Å². The van der Waals surface area contributed by atoms with Gasteiger partial charge in [-0.15, -0.1) is 0 Å². The number of halogens is 1. The summed E-state index contributed by atoms with van der Waals surface area (Å²) in [5.74, 6) is 1.10. The number of alkyl carbamates (subject to hydrolysis) is 1. The van der Waals surface area contributed by atoms with E-state index in [4.69, 9.17) is 14.2 Å². The van der Waals surface area contributed by atoms with E-state index in [9.17, 15) is 9.18 Å². The van der Waals surface area contributed by atoms with Crippen molar-refractivity contribution in [3.05, 3.63) is 36.3 Å². The van der Waals surface area contributed by atoms with Crippen LogP contribution in [0.25, 0.3) is 11.1 Å². The minimum absolute atomic E-state index is 0.0551. The highest BCUT2D eigenvalue weighted by atomic mass is 19.1. The van der Waals surface area contributed by atoms with Crippen molar-refractivity contribution in [2.45, 2.75) is 45.3 Å². The molecule has 1 aromatic heterocycles. The molecule has 1 saturated heterocycles. The molecule has 0 aliphatic carbocycles. The number of piperidine rings is 1. The van der Waals surface area contributed by atoms with E-state index in [0.29, 0.717) is 11.3 Å². The van der Waals surface area contributed by atoms with Crippen molar-refractivity contribution in [1.29, 1.82) is 0 Å². The summed E-state index contributed by atoms with van der Waals surface area (Å²) in [6, 6.07) is 6.78. The first kappa shape index (κ1) is 22.7. The smallest absolute Gasteiger partial charge is 0.407 e. The Labute approximate surface area is 182 Å². The summed E-state index contributed by atoms with van der Waals surface area (Å²) in [4.78, 5) is 18.7. The molecule has 1 aliphatic rings. The Morgan fingerprint density at radius 1 is 1.13 bits per heavy atom. The average molecular weight is 432 g/mol. The Hall–Kier alpha value is -3.03. The summed E-state index contributed by atoms with van der Waals surface area (Å²) in [6.45, 7) is 7.00. The number of nitrogens with zero attached hydrogens (tertiary/aromatic N) is 2. The van der Waals surface area contributed by atoms with Gasteiger partial charge in [0.15, 0.2) is 11.6 Å². The summed E-state index contributed by atoms with van der Waals surface area (Å²) < 4.78 is 30.0. The summed E-state index contributed by atoms with van der Waals surface area (Å²) in [5.41, 5.74) is 0.915. The Kier molecular flexibility index (Phi) is 6.87. The minimum Gasteiger partial charge on any atom is -0.494 e. The second-order valence-corrected chi connectivity index (χ2v) is 8.50. The van der Waals surface area contributed by atoms with Gasteiger partial charge in [-0.1, -0.05) is 6.07 Å². The minimum atomic E-state index is -0.519. The molecule has 8 heteroatoms. The number of aromatic nitrogens is 1. The molecule has 168 valence electrons. The van der Waals surface area contributed by atoms with Gasteiger partial charge in [-0.25, -0.2) is 14.2 Å². The van der Waals surface area contributed by atoms with Gasteiger partial charge in [-0.2, -0.15) is 0 Å². The summed E-state index contributed by atoms with van der Waals surface area (Å²) in [5, 5.41) is 2.94. The van der Waals surface area contributed by atoms with Gasteiger partial charge in [-0.3, -0.25) is 0 Å². The molecule has 2 heterocycles. The molecule has 0 spiro atoms. The number of methoxy groups -OCH3 is 2. The SMILES string of the molecule is COc1ccc(-c2cc(N3CCC(NC(=O)OC(C)(C)C)CC3)ncc2OC)cc1F. The average Bonchev–Trinajstić information content (AvgIpc) is 2.72. The normalized spacial score (nSPS) is 14.8. The standard InChI is InChI=1S/C23H30FN3O4/c1-23(2,3)31-22(28)26-16-8-10-27(11-9-16)21-13-17(20(30-5)14-25-21)15-6-7-19(29-4)18(24)12-15/h6-7,12-14,16H,8-11H2,1-5H3,(H,26,28). The molecule has 31 heavy (non-hydrogen) atoms.